The van der Waals surface area contributed by atoms with Gasteiger partial charge in [-0.2, -0.15) is 0 Å². The van der Waals surface area contributed by atoms with E-state index in [1.165, 1.54) is 83.5 Å². The van der Waals surface area contributed by atoms with Gasteiger partial charge in [-0.05, 0) is 90.1 Å². The summed E-state index contributed by atoms with van der Waals surface area (Å²) in [6, 6.07) is 0. The van der Waals surface area contributed by atoms with E-state index in [9.17, 15) is 14.7 Å². The van der Waals surface area contributed by atoms with Crippen LogP contribution in [0.5, 0.6) is 0 Å². The molecule has 0 saturated heterocycles. The van der Waals surface area contributed by atoms with E-state index in [4.69, 9.17) is 9.47 Å². The highest BCUT2D eigenvalue weighted by atomic mass is 16.5. The van der Waals surface area contributed by atoms with Crippen LogP contribution in [0.15, 0.2) is 24.3 Å². The fourth-order valence-electron chi connectivity index (χ4n) is 6.36. The Labute approximate surface area is 310 Å². The van der Waals surface area contributed by atoms with Gasteiger partial charge >= 0.3 is 11.9 Å². The van der Waals surface area contributed by atoms with E-state index in [2.05, 4.69) is 43.9 Å². The fourth-order valence-corrected chi connectivity index (χ4v) is 6.36. The van der Waals surface area contributed by atoms with Gasteiger partial charge in [0.25, 0.3) is 0 Å². The second-order valence-electron chi connectivity index (χ2n) is 14.5. The monoisotopic (exact) mass is 706 g/mol. The van der Waals surface area contributed by atoms with Crippen LogP contribution >= 0.6 is 0 Å². The van der Waals surface area contributed by atoms with Crippen molar-refractivity contribution in [3.05, 3.63) is 24.3 Å². The first-order chi connectivity index (χ1) is 24.6. The van der Waals surface area contributed by atoms with Crippen LogP contribution in [0.1, 0.15) is 207 Å². The number of aliphatic hydroxyl groups excluding tert-OH is 1. The molecular weight excluding hydrogens is 622 g/mol. The second-order valence-corrected chi connectivity index (χ2v) is 14.5. The van der Waals surface area contributed by atoms with Crippen LogP contribution in [0.2, 0.25) is 0 Å². The van der Waals surface area contributed by atoms with E-state index in [1.54, 1.807) is 0 Å². The Balaban J connectivity index is 4.02. The molecule has 0 bridgehead atoms. The van der Waals surface area contributed by atoms with Crippen LogP contribution in [0.4, 0.5) is 0 Å². The summed E-state index contributed by atoms with van der Waals surface area (Å²) >= 11 is 0. The standard InChI is InChI=1S/C44H83NO5/c1-4-7-10-13-16-17-18-24-32-41-49-43(47)35-29-25-31-38-45(39-40-46)37-30-23-19-22-28-36-44(48)50-42(33-26-20-14-11-8-5-2)34-27-21-15-12-9-6-3/h10,13,24,32,42,46H,4-9,11-12,14-23,25-31,33-41H2,1-3H3/b13-10+,32-24+. The van der Waals surface area contributed by atoms with E-state index in [1.807, 2.05) is 6.08 Å². The summed E-state index contributed by atoms with van der Waals surface area (Å²) < 4.78 is 11.3. The molecule has 0 aromatic heterocycles. The van der Waals surface area contributed by atoms with Crippen LogP contribution in [0, 0.1) is 0 Å². The smallest absolute Gasteiger partial charge is 0.306 e. The summed E-state index contributed by atoms with van der Waals surface area (Å²) in [5.41, 5.74) is 0. The molecule has 294 valence electrons. The van der Waals surface area contributed by atoms with Gasteiger partial charge in [0, 0.05) is 19.4 Å². The lowest BCUT2D eigenvalue weighted by Gasteiger charge is -2.21. The number of nitrogens with zero attached hydrogens (tertiary/aromatic N) is 1. The average molecular weight is 706 g/mol. The quantitative estimate of drug-likeness (QED) is 0.0390. The minimum absolute atomic E-state index is 0.00281. The molecule has 0 fully saturated rings. The van der Waals surface area contributed by atoms with Crippen molar-refractivity contribution >= 4 is 11.9 Å². The lowest BCUT2D eigenvalue weighted by Crippen LogP contribution is -2.29. The number of esters is 2. The SMILES string of the molecule is CCC/C=C/CCC/C=C/COC(=O)CCCCCN(CCO)CCCCCCCC(=O)OC(CCCCCCCC)CCCCCCCC. The molecule has 0 atom stereocenters. The highest BCUT2D eigenvalue weighted by Crippen LogP contribution is 2.18. The summed E-state index contributed by atoms with van der Waals surface area (Å²) in [6.45, 7) is 9.90. The van der Waals surface area contributed by atoms with Crippen molar-refractivity contribution in [3.8, 4) is 0 Å². The minimum atomic E-state index is -0.112. The second kappa shape index (κ2) is 40.1. The number of hydrogen-bond acceptors (Lipinski definition) is 6. The van der Waals surface area contributed by atoms with Crippen LogP contribution in [-0.4, -0.2) is 60.9 Å². The van der Waals surface area contributed by atoms with Gasteiger partial charge in [0.2, 0.25) is 0 Å². The molecule has 0 amide bonds. The molecule has 0 aromatic carbocycles. The van der Waals surface area contributed by atoms with E-state index in [0.29, 0.717) is 26.0 Å². The average Bonchev–Trinajstić information content (AvgIpc) is 3.11. The van der Waals surface area contributed by atoms with Gasteiger partial charge in [0.15, 0.2) is 0 Å². The normalized spacial score (nSPS) is 11.9. The summed E-state index contributed by atoms with van der Waals surface area (Å²) in [7, 11) is 0. The van der Waals surface area contributed by atoms with Crippen LogP contribution in [0.3, 0.4) is 0 Å². The van der Waals surface area contributed by atoms with Gasteiger partial charge in [0.05, 0.1) is 6.61 Å². The maximum atomic E-state index is 12.7. The third-order valence-corrected chi connectivity index (χ3v) is 9.55. The summed E-state index contributed by atoms with van der Waals surface area (Å²) in [5, 5.41) is 9.52. The van der Waals surface area contributed by atoms with E-state index in [-0.39, 0.29) is 24.6 Å². The molecule has 0 spiro atoms. The van der Waals surface area contributed by atoms with Crippen LogP contribution in [-0.2, 0) is 19.1 Å². The number of carbonyl (C=O) groups is 2. The Bertz CT molecular complexity index is 766. The van der Waals surface area contributed by atoms with E-state index in [0.717, 1.165) is 103 Å². The minimum Gasteiger partial charge on any atom is -0.462 e. The molecule has 0 aliphatic carbocycles. The number of allylic oxidation sites excluding steroid dienone is 3. The third kappa shape index (κ3) is 36.1. The Hall–Kier alpha value is -1.66. The lowest BCUT2D eigenvalue weighted by molar-refractivity contribution is -0.150. The van der Waals surface area contributed by atoms with Gasteiger partial charge in [-0.3, -0.25) is 9.59 Å². The molecule has 0 saturated carbocycles. The highest BCUT2D eigenvalue weighted by molar-refractivity contribution is 5.69. The van der Waals surface area contributed by atoms with E-state index < -0.39 is 0 Å². The predicted molar refractivity (Wildman–Crippen MR) is 214 cm³/mol. The first kappa shape index (κ1) is 48.3. The highest BCUT2D eigenvalue weighted by Gasteiger charge is 2.14. The number of aliphatic hydroxyl groups is 1. The summed E-state index contributed by atoms with van der Waals surface area (Å²) in [5.74, 6) is -0.109. The molecule has 6 heteroatoms. The van der Waals surface area contributed by atoms with Gasteiger partial charge in [0.1, 0.15) is 12.7 Å². The topological polar surface area (TPSA) is 76.1 Å². The number of rotatable bonds is 39. The van der Waals surface area contributed by atoms with Gasteiger partial charge in [-0.1, -0.05) is 141 Å². The molecule has 0 rings (SSSR count). The van der Waals surface area contributed by atoms with Crippen molar-refractivity contribution in [1.82, 2.24) is 4.90 Å². The largest absolute Gasteiger partial charge is 0.462 e. The van der Waals surface area contributed by atoms with Gasteiger partial charge < -0.3 is 19.5 Å². The Kier molecular flexibility index (Phi) is 38.8. The van der Waals surface area contributed by atoms with Crippen LogP contribution in [0.25, 0.3) is 0 Å². The number of carbonyl (C=O) groups excluding carboxylic acids is 2. The van der Waals surface area contributed by atoms with Crippen molar-refractivity contribution in [2.24, 2.45) is 0 Å². The summed E-state index contributed by atoms with van der Waals surface area (Å²) in [6.07, 6.45) is 41.0. The maximum Gasteiger partial charge on any atom is 0.306 e. The zero-order chi connectivity index (χ0) is 36.6. The predicted octanol–water partition coefficient (Wildman–Crippen LogP) is 12.2. The van der Waals surface area contributed by atoms with E-state index >= 15 is 0 Å². The lowest BCUT2D eigenvalue weighted by atomic mass is 10.0. The van der Waals surface area contributed by atoms with Crippen molar-refractivity contribution in [3.63, 3.8) is 0 Å². The molecule has 50 heavy (non-hydrogen) atoms. The first-order valence-corrected chi connectivity index (χ1v) is 21.6. The van der Waals surface area contributed by atoms with Crippen molar-refractivity contribution in [2.45, 2.75) is 213 Å². The molecule has 6 nitrogen and oxygen atoms in total. The Morgan fingerprint density at radius 1 is 0.520 bits per heavy atom. The molecule has 0 unspecified atom stereocenters. The summed E-state index contributed by atoms with van der Waals surface area (Å²) in [4.78, 5) is 27.0. The van der Waals surface area contributed by atoms with Crippen LogP contribution < -0.4 is 0 Å². The molecular formula is C44H83NO5. The van der Waals surface area contributed by atoms with Gasteiger partial charge in [-0.15, -0.1) is 0 Å². The van der Waals surface area contributed by atoms with Crippen molar-refractivity contribution in [2.75, 3.05) is 32.8 Å². The molecule has 0 aromatic rings. The fraction of sp³-hybridized carbons (Fsp3) is 0.864. The zero-order valence-corrected chi connectivity index (χ0v) is 33.5. The Morgan fingerprint density at radius 3 is 1.58 bits per heavy atom. The Morgan fingerprint density at radius 2 is 1.00 bits per heavy atom. The zero-order valence-electron chi connectivity index (χ0n) is 33.5. The molecule has 0 radical (unpaired) electrons. The first-order valence-electron chi connectivity index (χ1n) is 21.6. The number of unbranched alkanes of at least 4 members (excludes halogenated alkanes) is 19. The molecule has 0 heterocycles. The maximum absolute atomic E-state index is 12.7. The molecule has 1 N–H and O–H groups in total. The van der Waals surface area contributed by atoms with Gasteiger partial charge in [-0.25, -0.2) is 0 Å². The number of hydrogen-bond donors (Lipinski definition) is 1. The number of ether oxygens (including phenoxy) is 2. The third-order valence-electron chi connectivity index (χ3n) is 9.55. The van der Waals surface area contributed by atoms with Crippen molar-refractivity contribution < 1.29 is 24.2 Å². The molecule has 0 aliphatic heterocycles. The molecule has 0 aliphatic rings. The van der Waals surface area contributed by atoms with Crippen molar-refractivity contribution in [1.29, 1.82) is 0 Å².